The summed E-state index contributed by atoms with van der Waals surface area (Å²) >= 11 is 0.987. The van der Waals surface area contributed by atoms with Gasteiger partial charge in [0.1, 0.15) is 11.4 Å². The average molecular weight is 282 g/mol. The zero-order valence-electron chi connectivity index (χ0n) is 10.8. The first-order valence-corrected chi connectivity index (χ1v) is 6.70. The first-order chi connectivity index (χ1) is 8.97. The van der Waals surface area contributed by atoms with Crippen LogP contribution in [0.2, 0.25) is 0 Å². The van der Waals surface area contributed by atoms with Gasteiger partial charge in [-0.1, -0.05) is 11.8 Å². The monoisotopic (exact) mass is 282 g/mol. The summed E-state index contributed by atoms with van der Waals surface area (Å²) < 4.78 is 7.23. The average Bonchev–Trinajstić information content (AvgIpc) is 2.92. The van der Waals surface area contributed by atoms with Crippen LogP contribution in [0.4, 0.5) is 0 Å². The first kappa shape index (κ1) is 13.6. The number of nitrogens with zero attached hydrogens (tertiary/aromatic N) is 4. The molecule has 0 bridgehead atoms. The zero-order chi connectivity index (χ0) is 14.0. The lowest BCUT2D eigenvalue weighted by atomic mass is 10.3. The van der Waals surface area contributed by atoms with Crippen LogP contribution in [0.25, 0.3) is 11.6 Å². The molecule has 0 fully saturated rings. The smallest absolute Gasteiger partial charge is 0.314 e. The normalized spacial score (nSPS) is 11.2. The van der Waals surface area contributed by atoms with Crippen molar-refractivity contribution in [2.24, 2.45) is 0 Å². The van der Waals surface area contributed by atoms with Crippen molar-refractivity contribution in [3.8, 4) is 11.6 Å². The molecule has 2 rings (SSSR count). The van der Waals surface area contributed by atoms with E-state index in [0.29, 0.717) is 11.6 Å². The lowest BCUT2D eigenvalue weighted by Gasteiger charge is -2.06. The van der Waals surface area contributed by atoms with Gasteiger partial charge in [-0.2, -0.15) is 5.10 Å². The Labute approximate surface area is 114 Å². The number of carboxylic acids is 1. The maximum Gasteiger partial charge on any atom is 0.314 e. The van der Waals surface area contributed by atoms with Gasteiger partial charge in [0.15, 0.2) is 0 Å². The van der Waals surface area contributed by atoms with E-state index in [-0.39, 0.29) is 17.0 Å². The number of rotatable bonds is 5. The second-order valence-corrected chi connectivity index (χ2v) is 5.19. The van der Waals surface area contributed by atoms with Crippen LogP contribution in [0.15, 0.2) is 15.7 Å². The van der Waals surface area contributed by atoms with E-state index in [4.69, 9.17) is 9.52 Å². The van der Waals surface area contributed by atoms with Crippen LogP contribution in [-0.4, -0.2) is 36.8 Å². The lowest BCUT2D eigenvalue weighted by molar-refractivity contribution is -0.133. The second kappa shape index (κ2) is 5.43. The number of carboxylic acid groups (broad SMARTS) is 1. The molecule has 0 unspecified atom stereocenters. The van der Waals surface area contributed by atoms with Crippen molar-refractivity contribution >= 4 is 17.7 Å². The van der Waals surface area contributed by atoms with Crippen LogP contribution < -0.4 is 0 Å². The van der Waals surface area contributed by atoms with Crippen molar-refractivity contribution in [1.29, 1.82) is 0 Å². The molecular weight excluding hydrogens is 268 g/mol. The van der Waals surface area contributed by atoms with Gasteiger partial charge >= 0.3 is 5.97 Å². The van der Waals surface area contributed by atoms with Gasteiger partial charge in [0.05, 0.1) is 0 Å². The minimum absolute atomic E-state index is 0.110. The quantitative estimate of drug-likeness (QED) is 0.838. The van der Waals surface area contributed by atoms with Gasteiger partial charge in [-0.05, 0) is 26.8 Å². The first-order valence-electron chi connectivity index (χ1n) is 5.72. The van der Waals surface area contributed by atoms with Crippen molar-refractivity contribution in [2.45, 2.75) is 32.0 Å². The van der Waals surface area contributed by atoms with Crippen molar-refractivity contribution in [2.75, 3.05) is 5.75 Å². The maximum absolute atomic E-state index is 10.4. The summed E-state index contributed by atoms with van der Waals surface area (Å²) in [5.74, 6) is -0.735. The number of thioether (sulfide) groups is 1. The van der Waals surface area contributed by atoms with Crippen molar-refractivity contribution in [3.05, 3.63) is 11.8 Å². The van der Waals surface area contributed by atoms with Crippen LogP contribution in [0.3, 0.4) is 0 Å². The number of aryl methyl sites for hydroxylation is 1. The molecule has 2 heterocycles. The number of hydrogen-bond acceptors (Lipinski definition) is 6. The fourth-order valence-corrected chi connectivity index (χ4v) is 2.09. The maximum atomic E-state index is 10.4. The summed E-state index contributed by atoms with van der Waals surface area (Å²) in [5, 5.41) is 20.8. The Hall–Kier alpha value is -1.83. The van der Waals surface area contributed by atoms with E-state index < -0.39 is 5.97 Å². The number of aliphatic carboxylic acids is 1. The van der Waals surface area contributed by atoms with E-state index in [1.807, 2.05) is 31.5 Å². The van der Waals surface area contributed by atoms with Gasteiger partial charge in [-0.3, -0.25) is 9.48 Å². The lowest BCUT2D eigenvalue weighted by Crippen LogP contribution is -2.04. The Morgan fingerprint density at radius 1 is 1.53 bits per heavy atom. The molecule has 1 N–H and O–H groups in total. The fourth-order valence-electron chi connectivity index (χ4n) is 1.61. The highest BCUT2D eigenvalue weighted by atomic mass is 32.2. The molecule has 2 aromatic rings. The summed E-state index contributed by atoms with van der Waals surface area (Å²) in [7, 11) is 0. The Bertz CT molecular complexity index is 591. The molecule has 0 saturated heterocycles. The molecule has 0 aliphatic carbocycles. The SMILES string of the molecule is Cc1cc(-c2nnc(SCC(=O)O)o2)nn1C(C)C. The Balaban J connectivity index is 2.18. The van der Waals surface area contributed by atoms with Crippen molar-refractivity contribution in [3.63, 3.8) is 0 Å². The molecule has 0 saturated carbocycles. The number of aromatic nitrogens is 4. The predicted molar refractivity (Wildman–Crippen MR) is 69.0 cm³/mol. The van der Waals surface area contributed by atoms with E-state index in [1.165, 1.54) is 0 Å². The van der Waals surface area contributed by atoms with Gasteiger partial charge in [0, 0.05) is 11.7 Å². The van der Waals surface area contributed by atoms with Gasteiger partial charge in [-0.15, -0.1) is 10.2 Å². The van der Waals surface area contributed by atoms with E-state index in [1.54, 1.807) is 0 Å². The third-order valence-electron chi connectivity index (χ3n) is 2.36. The third kappa shape index (κ3) is 3.14. The summed E-state index contributed by atoms with van der Waals surface area (Å²) in [6.45, 7) is 6.02. The molecule has 0 atom stereocenters. The molecule has 19 heavy (non-hydrogen) atoms. The molecule has 0 aromatic carbocycles. The molecule has 0 spiro atoms. The highest BCUT2D eigenvalue weighted by molar-refractivity contribution is 7.99. The van der Waals surface area contributed by atoms with Crippen molar-refractivity contribution in [1.82, 2.24) is 20.0 Å². The van der Waals surface area contributed by atoms with E-state index in [2.05, 4.69) is 15.3 Å². The number of carbonyl (C=O) groups is 1. The molecular formula is C11H14N4O3S. The van der Waals surface area contributed by atoms with Crippen molar-refractivity contribution < 1.29 is 14.3 Å². The Kier molecular flexibility index (Phi) is 3.89. The van der Waals surface area contributed by atoms with Crippen LogP contribution in [0.5, 0.6) is 0 Å². The molecule has 102 valence electrons. The van der Waals surface area contributed by atoms with Crippen LogP contribution in [-0.2, 0) is 4.79 Å². The van der Waals surface area contributed by atoms with E-state index in [0.717, 1.165) is 17.5 Å². The largest absolute Gasteiger partial charge is 0.481 e. The van der Waals surface area contributed by atoms with Gasteiger partial charge < -0.3 is 9.52 Å². The van der Waals surface area contributed by atoms with Gasteiger partial charge in [-0.25, -0.2) is 0 Å². The summed E-state index contributed by atoms with van der Waals surface area (Å²) in [6.07, 6.45) is 0. The molecule has 0 aliphatic heterocycles. The summed E-state index contributed by atoms with van der Waals surface area (Å²) in [4.78, 5) is 10.4. The summed E-state index contributed by atoms with van der Waals surface area (Å²) in [6, 6.07) is 2.11. The van der Waals surface area contributed by atoms with Crippen LogP contribution in [0, 0.1) is 6.92 Å². The third-order valence-corrected chi connectivity index (χ3v) is 3.16. The minimum atomic E-state index is -0.926. The van der Waals surface area contributed by atoms with E-state index in [9.17, 15) is 4.79 Å². The fraction of sp³-hybridized carbons (Fsp3) is 0.455. The molecule has 0 aliphatic rings. The second-order valence-electron chi connectivity index (χ2n) is 4.26. The molecule has 0 amide bonds. The van der Waals surface area contributed by atoms with Crippen LogP contribution in [0.1, 0.15) is 25.6 Å². The molecule has 8 heteroatoms. The molecule has 7 nitrogen and oxygen atoms in total. The highest BCUT2D eigenvalue weighted by Crippen LogP contribution is 2.23. The number of hydrogen-bond donors (Lipinski definition) is 1. The standard InChI is InChI=1S/C11H14N4O3S/c1-6(2)15-7(3)4-8(14-15)10-12-13-11(18-10)19-5-9(16)17/h4,6H,5H2,1-3H3,(H,16,17). The topological polar surface area (TPSA) is 94.0 Å². The van der Waals surface area contributed by atoms with Crippen LogP contribution >= 0.6 is 11.8 Å². The highest BCUT2D eigenvalue weighted by Gasteiger charge is 2.15. The zero-order valence-corrected chi connectivity index (χ0v) is 11.6. The Morgan fingerprint density at radius 3 is 2.84 bits per heavy atom. The van der Waals surface area contributed by atoms with Gasteiger partial charge in [0.2, 0.25) is 0 Å². The minimum Gasteiger partial charge on any atom is -0.481 e. The predicted octanol–water partition coefficient (Wildman–Crippen LogP) is 2.00. The Morgan fingerprint density at radius 2 is 2.26 bits per heavy atom. The van der Waals surface area contributed by atoms with E-state index >= 15 is 0 Å². The van der Waals surface area contributed by atoms with Gasteiger partial charge in [0.25, 0.3) is 11.1 Å². The summed E-state index contributed by atoms with van der Waals surface area (Å²) in [5.41, 5.74) is 1.60. The molecule has 0 radical (unpaired) electrons. The molecule has 2 aromatic heterocycles.